The van der Waals surface area contributed by atoms with Gasteiger partial charge in [0.2, 0.25) is 0 Å². The van der Waals surface area contributed by atoms with E-state index in [4.69, 9.17) is 16.3 Å². The molecule has 3 aromatic rings. The SMILES string of the molecule is CCc1c(CCC(=O)N=O)c2cc(OC)ccc2n1C(=O)c1ccc(Cl)cc1. The van der Waals surface area contributed by atoms with Gasteiger partial charge in [-0.2, -0.15) is 0 Å². The second-order valence-electron chi connectivity index (χ2n) is 6.29. The first kappa shape index (κ1) is 19.8. The van der Waals surface area contributed by atoms with Crippen LogP contribution in [0.1, 0.15) is 35.0 Å². The molecule has 0 saturated heterocycles. The van der Waals surface area contributed by atoms with Gasteiger partial charge >= 0.3 is 0 Å². The summed E-state index contributed by atoms with van der Waals surface area (Å²) >= 11 is 5.94. The first-order chi connectivity index (χ1) is 13.5. The van der Waals surface area contributed by atoms with E-state index in [0.717, 1.165) is 22.2 Å². The summed E-state index contributed by atoms with van der Waals surface area (Å²) in [5.41, 5.74) is 2.86. The average Bonchev–Trinajstić information content (AvgIpc) is 3.04. The van der Waals surface area contributed by atoms with Crippen molar-refractivity contribution in [2.24, 2.45) is 5.18 Å². The number of fused-ring (bicyclic) bond motifs is 1. The van der Waals surface area contributed by atoms with Gasteiger partial charge in [-0.25, -0.2) is 0 Å². The number of nitrogens with zero attached hydrogens (tertiary/aromatic N) is 2. The molecule has 28 heavy (non-hydrogen) atoms. The van der Waals surface area contributed by atoms with Crippen LogP contribution in [0, 0.1) is 4.91 Å². The van der Waals surface area contributed by atoms with Gasteiger partial charge in [0, 0.05) is 33.3 Å². The number of hydrogen-bond donors (Lipinski definition) is 0. The highest BCUT2D eigenvalue weighted by Crippen LogP contribution is 2.32. The molecule has 1 heterocycles. The van der Waals surface area contributed by atoms with E-state index in [9.17, 15) is 14.5 Å². The Labute approximate surface area is 167 Å². The molecule has 1 aromatic heterocycles. The zero-order valence-corrected chi connectivity index (χ0v) is 16.3. The molecule has 0 aliphatic carbocycles. The third kappa shape index (κ3) is 3.68. The molecule has 0 atom stereocenters. The molecular formula is C21H19ClN2O4. The van der Waals surface area contributed by atoms with Gasteiger partial charge in [0.15, 0.2) is 0 Å². The Balaban J connectivity index is 2.20. The van der Waals surface area contributed by atoms with Crippen molar-refractivity contribution in [1.82, 2.24) is 4.57 Å². The van der Waals surface area contributed by atoms with Gasteiger partial charge in [0.05, 0.1) is 12.6 Å². The number of carbonyl (C=O) groups is 2. The predicted octanol–water partition coefficient (Wildman–Crippen LogP) is 4.78. The summed E-state index contributed by atoms with van der Waals surface area (Å²) in [6, 6.07) is 12.2. The van der Waals surface area contributed by atoms with E-state index >= 15 is 0 Å². The minimum atomic E-state index is -0.713. The number of ether oxygens (including phenoxy) is 1. The minimum absolute atomic E-state index is 0.0119. The summed E-state index contributed by atoms with van der Waals surface area (Å²) in [4.78, 5) is 35.2. The van der Waals surface area contributed by atoms with Crippen molar-refractivity contribution in [1.29, 1.82) is 0 Å². The second kappa shape index (κ2) is 8.35. The lowest BCUT2D eigenvalue weighted by Gasteiger charge is -2.10. The predicted molar refractivity (Wildman–Crippen MR) is 108 cm³/mol. The van der Waals surface area contributed by atoms with Crippen LogP contribution in [0.4, 0.5) is 0 Å². The maximum atomic E-state index is 13.3. The number of hydrogen-bond acceptors (Lipinski definition) is 4. The van der Waals surface area contributed by atoms with Gasteiger partial charge in [-0.3, -0.25) is 14.2 Å². The molecule has 0 radical (unpaired) electrons. The Kier molecular flexibility index (Phi) is 5.90. The molecule has 0 fully saturated rings. The zero-order valence-electron chi connectivity index (χ0n) is 15.6. The number of amides is 1. The van der Waals surface area contributed by atoms with Crippen LogP contribution in [0.5, 0.6) is 5.75 Å². The largest absolute Gasteiger partial charge is 0.497 e. The number of benzene rings is 2. The molecule has 0 aliphatic rings. The van der Waals surface area contributed by atoms with Crippen LogP contribution in [0.3, 0.4) is 0 Å². The quantitative estimate of drug-likeness (QED) is 0.560. The number of nitroso groups, excluding NO2 is 1. The van der Waals surface area contributed by atoms with Crippen LogP contribution < -0.4 is 4.74 Å². The molecule has 0 aliphatic heterocycles. The van der Waals surface area contributed by atoms with Gasteiger partial charge in [-0.1, -0.05) is 18.5 Å². The number of rotatable bonds is 6. The summed E-state index contributed by atoms with van der Waals surface area (Å²) in [7, 11) is 1.57. The molecule has 7 heteroatoms. The van der Waals surface area contributed by atoms with Gasteiger partial charge in [0.1, 0.15) is 5.75 Å². The molecule has 3 rings (SSSR count). The Hall–Kier alpha value is -2.99. The van der Waals surface area contributed by atoms with Crippen molar-refractivity contribution < 1.29 is 14.3 Å². The smallest absolute Gasteiger partial charge is 0.286 e. The van der Waals surface area contributed by atoms with Crippen LogP contribution in [0.2, 0.25) is 5.02 Å². The van der Waals surface area contributed by atoms with E-state index in [2.05, 4.69) is 5.18 Å². The summed E-state index contributed by atoms with van der Waals surface area (Å²) in [5, 5.41) is 3.84. The van der Waals surface area contributed by atoms with E-state index in [1.165, 1.54) is 0 Å². The lowest BCUT2D eigenvalue weighted by Crippen LogP contribution is -2.15. The van der Waals surface area contributed by atoms with E-state index in [1.54, 1.807) is 42.0 Å². The van der Waals surface area contributed by atoms with E-state index < -0.39 is 5.91 Å². The number of methoxy groups -OCH3 is 1. The highest BCUT2D eigenvalue weighted by molar-refractivity contribution is 6.30. The maximum absolute atomic E-state index is 13.3. The molecule has 2 aromatic carbocycles. The van der Waals surface area contributed by atoms with E-state index in [1.807, 2.05) is 19.1 Å². The molecule has 0 bridgehead atoms. The Morgan fingerprint density at radius 1 is 1.14 bits per heavy atom. The topological polar surface area (TPSA) is 77.7 Å². The average molecular weight is 399 g/mol. The Bertz CT molecular complexity index is 1050. The Morgan fingerprint density at radius 3 is 2.46 bits per heavy atom. The molecule has 0 unspecified atom stereocenters. The third-order valence-corrected chi connectivity index (χ3v) is 4.96. The normalized spacial score (nSPS) is 10.8. The fourth-order valence-electron chi connectivity index (χ4n) is 3.40. The molecule has 6 nitrogen and oxygen atoms in total. The molecular weight excluding hydrogens is 380 g/mol. The van der Waals surface area contributed by atoms with Crippen LogP contribution in [-0.4, -0.2) is 23.5 Å². The van der Waals surface area contributed by atoms with E-state index in [-0.39, 0.29) is 12.3 Å². The molecule has 0 saturated carbocycles. The molecule has 144 valence electrons. The van der Waals surface area contributed by atoms with Crippen molar-refractivity contribution in [3.63, 3.8) is 0 Å². The first-order valence-corrected chi connectivity index (χ1v) is 9.24. The van der Waals surface area contributed by atoms with Crippen molar-refractivity contribution >= 4 is 34.3 Å². The summed E-state index contributed by atoms with van der Waals surface area (Å²) in [5.74, 6) is -0.253. The van der Waals surface area contributed by atoms with Crippen molar-refractivity contribution in [3.05, 3.63) is 69.2 Å². The first-order valence-electron chi connectivity index (χ1n) is 8.86. The monoisotopic (exact) mass is 398 g/mol. The number of halogens is 1. The number of aryl methyl sites for hydroxylation is 1. The van der Waals surface area contributed by atoms with Crippen molar-refractivity contribution in [2.45, 2.75) is 26.2 Å². The third-order valence-electron chi connectivity index (χ3n) is 4.71. The number of aromatic nitrogens is 1. The lowest BCUT2D eigenvalue weighted by molar-refractivity contribution is -0.117. The van der Waals surface area contributed by atoms with Gasteiger partial charge in [0.25, 0.3) is 11.8 Å². The van der Waals surface area contributed by atoms with Crippen LogP contribution >= 0.6 is 11.6 Å². The second-order valence-corrected chi connectivity index (χ2v) is 6.73. The summed E-state index contributed by atoms with van der Waals surface area (Å²) < 4.78 is 6.98. The van der Waals surface area contributed by atoms with Gasteiger partial charge in [-0.15, -0.1) is 4.91 Å². The molecule has 0 spiro atoms. The summed E-state index contributed by atoms with van der Waals surface area (Å²) in [6.07, 6.45) is 0.884. The van der Waals surface area contributed by atoms with Crippen LogP contribution in [-0.2, 0) is 17.6 Å². The highest BCUT2D eigenvalue weighted by Gasteiger charge is 2.22. The fourth-order valence-corrected chi connectivity index (χ4v) is 3.52. The number of carbonyl (C=O) groups excluding carboxylic acids is 2. The lowest BCUT2D eigenvalue weighted by atomic mass is 10.0. The van der Waals surface area contributed by atoms with Crippen LogP contribution in [0.25, 0.3) is 10.9 Å². The fraction of sp³-hybridized carbons (Fsp3) is 0.238. The van der Waals surface area contributed by atoms with E-state index in [0.29, 0.717) is 29.2 Å². The van der Waals surface area contributed by atoms with Gasteiger partial charge in [-0.05, 0) is 60.9 Å². The van der Waals surface area contributed by atoms with Crippen LogP contribution in [0.15, 0.2) is 47.6 Å². The molecule has 0 N–H and O–H groups in total. The highest BCUT2D eigenvalue weighted by atomic mass is 35.5. The zero-order chi connectivity index (χ0) is 20.3. The standard InChI is InChI=1S/C21H19ClN2O4/c1-3-18-16(9-11-20(25)23-27)17-12-15(28-2)8-10-19(17)24(18)21(26)13-4-6-14(22)7-5-13/h4-8,10,12H,3,9,11H2,1-2H3. The Morgan fingerprint density at radius 2 is 1.86 bits per heavy atom. The van der Waals surface area contributed by atoms with Crippen molar-refractivity contribution in [2.75, 3.05) is 7.11 Å². The summed E-state index contributed by atoms with van der Waals surface area (Å²) in [6.45, 7) is 1.94. The maximum Gasteiger partial charge on any atom is 0.286 e. The molecule has 1 amide bonds. The van der Waals surface area contributed by atoms with Crippen molar-refractivity contribution in [3.8, 4) is 5.75 Å². The minimum Gasteiger partial charge on any atom is -0.497 e. The van der Waals surface area contributed by atoms with Gasteiger partial charge < -0.3 is 4.74 Å².